The number of fused-ring (bicyclic) bond motifs is 1. The smallest absolute Gasteiger partial charge is 0.251 e. The lowest BCUT2D eigenvalue weighted by Gasteiger charge is -2.25. The SMILES string of the molecule is CCC(CC)C(=O)N=C1SC2CS(=O)(=O)CC2N1c1ccc(OC)c(Cl)c1. The van der Waals surface area contributed by atoms with Crippen LogP contribution in [0.3, 0.4) is 0 Å². The van der Waals surface area contributed by atoms with Crippen LogP contribution in [0.15, 0.2) is 23.2 Å². The summed E-state index contributed by atoms with van der Waals surface area (Å²) in [5.41, 5.74) is 0.717. The minimum atomic E-state index is -3.11. The Morgan fingerprint density at radius 3 is 2.67 bits per heavy atom. The predicted octanol–water partition coefficient (Wildman–Crippen LogP) is 3.39. The highest BCUT2D eigenvalue weighted by atomic mass is 35.5. The Morgan fingerprint density at radius 2 is 2.07 bits per heavy atom. The number of carbonyl (C=O) groups excluding carboxylic acids is 1. The number of ether oxygens (including phenoxy) is 1. The van der Waals surface area contributed by atoms with Crippen molar-refractivity contribution in [3.8, 4) is 5.75 Å². The largest absolute Gasteiger partial charge is 0.495 e. The van der Waals surface area contributed by atoms with Gasteiger partial charge in [0.05, 0.1) is 29.7 Å². The molecule has 2 unspecified atom stereocenters. The van der Waals surface area contributed by atoms with Crippen LogP contribution in [0.4, 0.5) is 5.69 Å². The van der Waals surface area contributed by atoms with Crippen molar-refractivity contribution in [1.82, 2.24) is 0 Å². The molecule has 1 aromatic rings. The zero-order valence-electron chi connectivity index (χ0n) is 15.5. The van der Waals surface area contributed by atoms with Gasteiger partial charge in [-0.05, 0) is 31.0 Å². The number of carbonyl (C=O) groups is 1. The number of anilines is 1. The van der Waals surface area contributed by atoms with Crippen LogP contribution in [-0.4, -0.2) is 49.4 Å². The van der Waals surface area contributed by atoms with Crippen molar-refractivity contribution in [1.29, 1.82) is 0 Å². The number of benzene rings is 1. The van der Waals surface area contributed by atoms with Crippen molar-refractivity contribution in [3.05, 3.63) is 23.2 Å². The fourth-order valence-electron chi connectivity index (χ4n) is 3.50. The molecule has 0 spiro atoms. The first-order chi connectivity index (χ1) is 12.8. The average molecular weight is 431 g/mol. The summed E-state index contributed by atoms with van der Waals surface area (Å²) in [4.78, 5) is 18.8. The topological polar surface area (TPSA) is 76.0 Å². The molecule has 6 nitrogen and oxygen atoms in total. The number of amides is 1. The van der Waals surface area contributed by atoms with E-state index in [-0.39, 0.29) is 34.6 Å². The molecule has 2 heterocycles. The normalized spacial score (nSPS) is 25.2. The Balaban J connectivity index is 2.01. The fourth-order valence-corrected chi connectivity index (χ4v) is 7.67. The molecule has 27 heavy (non-hydrogen) atoms. The Hall–Kier alpha value is -1.25. The number of methoxy groups -OCH3 is 1. The first-order valence-corrected chi connectivity index (χ1v) is 12.0. The van der Waals surface area contributed by atoms with E-state index in [0.717, 1.165) is 12.8 Å². The Kier molecular flexibility index (Phi) is 6.08. The second-order valence-corrected chi connectivity index (χ2v) is 10.5. The van der Waals surface area contributed by atoms with Crippen molar-refractivity contribution in [2.24, 2.45) is 10.9 Å². The highest BCUT2D eigenvalue weighted by molar-refractivity contribution is 8.16. The van der Waals surface area contributed by atoms with Crippen LogP contribution >= 0.6 is 23.4 Å². The molecule has 2 atom stereocenters. The van der Waals surface area contributed by atoms with Gasteiger partial charge in [-0.3, -0.25) is 4.79 Å². The summed E-state index contributed by atoms with van der Waals surface area (Å²) in [7, 11) is -1.57. The van der Waals surface area contributed by atoms with E-state index in [2.05, 4.69) is 4.99 Å². The number of sulfone groups is 1. The van der Waals surface area contributed by atoms with Gasteiger partial charge in [-0.25, -0.2) is 8.42 Å². The Labute approximate surface area is 169 Å². The monoisotopic (exact) mass is 430 g/mol. The molecular formula is C18H23ClN2O4S2. The van der Waals surface area contributed by atoms with Crippen LogP contribution in [0.5, 0.6) is 5.75 Å². The summed E-state index contributed by atoms with van der Waals surface area (Å²) in [6.45, 7) is 3.94. The lowest BCUT2D eigenvalue weighted by atomic mass is 10.0. The van der Waals surface area contributed by atoms with Crippen molar-refractivity contribution >= 4 is 50.0 Å². The predicted molar refractivity (Wildman–Crippen MR) is 111 cm³/mol. The van der Waals surface area contributed by atoms with E-state index < -0.39 is 9.84 Å². The van der Waals surface area contributed by atoms with Gasteiger partial charge >= 0.3 is 0 Å². The standard InChI is InChI=1S/C18H23ClN2O4S2/c1-4-11(5-2)17(22)20-18-21(12-6-7-15(25-3)13(19)8-12)14-9-27(23,24)10-16(14)26-18/h6-8,11,14,16H,4-5,9-10H2,1-3H3. The summed E-state index contributed by atoms with van der Waals surface area (Å²) in [5.74, 6) is 0.404. The number of amidine groups is 1. The number of nitrogens with zero attached hydrogens (tertiary/aromatic N) is 2. The van der Waals surface area contributed by atoms with Crippen LogP contribution in [-0.2, 0) is 14.6 Å². The lowest BCUT2D eigenvalue weighted by Crippen LogP contribution is -2.38. The fraction of sp³-hybridized carbons (Fsp3) is 0.556. The van der Waals surface area contributed by atoms with Gasteiger partial charge in [0.1, 0.15) is 5.75 Å². The third kappa shape index (κ3) is 4.12. The average Bonchev–Trinajstić information content (AvgIpc) is 3.06. The molecule has 148 valence electrons. The summed E-state index contributed by atoms with van der Waals surface area (Å²) >= 11 is 7.64. The highest BCUT2D eigenvalue weighted by Gasteiger charge is 2.49. The Morgan fingerprint density at radius 1 is 1.37 bits per heavy atom. The Bertz CT molecular complexity index is 868. The molecule has 0 bridgehead atoms. The minimum absolute atomic E-state index is 0.0481. The summed E-state index contributed by atoms with van der Waals surface area (Å²) in [6, 6.07) is 5.03. The van der Waals surface area contributed by atoms with Crippen molar-refractivity contribution < 1.29 is 17.9 Å². The molecule has 0 aromatic heterocycles. The molecule has 0 saturated carbocycles. The van der Waals surface area contributed by atoms with E-state index in [1.54, 1.807) is 12.1 Å². The van der Waals surface area contributed by atoms with Crippen molar-refractivity contribution in [2.45, 2.75) is 38.0 Å². The third-order valence-corrected chi connectivity index (χ3v) is 8.53. The number of halogens is 1. The first-order valence-electron chi connectivity index (χ1n) is 8.92. The highest BCUT2D eigenvalue weighted by Crippen LogP contribution is 2.42. The number of hydrogen-bond acceptors (Lipinski definition) is 5. The zero-order chi connectivity index (χ0) is 19.8. The number of hydrogen-bond donors (Lipinski definition) is 0. The molecule has 2 aliphatic rings. The molecule has 3 rings (SSSR count). The molecule has 2 fully saturated rings. The summed E-state index contributed by atoms with van der Waals surface area (Å²) in [6.07, 6.45) is 1.46. The number of aliphatic imine (C=N–C) groups is 1. The molecule has 1 amide bonds. The summed E-state index contributed by atoms with van der Waals surface area (Å²) < 4.78 is 29.4. The van der Waals surface area contributed by atoms with Crippen LogP contribution in [0.1, 0.15) is 26.7 Å². The molecule has 1 aromatic carbocycles. The molecular weight excluding hydrogens is 408 g/mol. The van der Waals surface area contributed by atoms with Gasteiger partial charge < -0.3 is 9.64 Å². The third-order valence-electron chi connectivity index (χ3n) is 5.02. The van der Waals surface area contributed by atoms with E-state index >= 15 is 0 Å². The maximum atomic E-state index is 12.6. The second-order valence-electron chi connectivity index (χ2n) is 6.74. The maximum absolute atomic E-state index is 12.6. The quantitative estimate of drug-likeness (QED) is 0.712. The van der Waals surface area contributed by atoms with E-state index in [9.17, 15) is 13.2 Å². The van der Waals surface area contributed by atoms with Crippen LogP contribution in [0.2, 0.25) is 5.02 Å². The van der Waals surface area contributed by atoms with Gasteiger partial charge in [-0.15, -0.1) is 0 Å². The van der Waals surface area contributed by atoms with Crippen molar-refractivity contribution in [3.63, 3.8) is 0 Å². The first kappa shape index (κ1) is 20.5. The van der Waals surface area contributed by atoms with Gasteiger partial charge in [0.2, 0.25) is 0 Å². The van der Waals surface area contributed by atoms with Gasteiger partial charge in [0, 0.05) is 16.9 Å². The van der Waals surface area contributed by atoms with Crippen LogP contribution in [0.25, 0.3) is 0 Å². The van der Waals surface area contributed by atoms with Crippen LogP contribution < -0.4 is 9.64 Å². The van der Waals surface area contributed by atoms with Gasteiger partial charge in [-0.1, -0.05) is 37.2 Å². The number of rotatable bonds is 5. The molecule has 9 heteroatoms. The van der Waals surface area contributed by atoms with Gasteiger partial charge in [0.25, 0.3) is 5.91 Å². The molecule has 0 N–H and O–H groups in total. The lowest BCUT2D eigenvalue weighted by molar-refractivity contribution is -0.121. The molecule has 2 aliphatic heterocycles. The second kappa shape index (κ2) is 8.01. The molecule has 0 aliphatic carbocycles. The van der Waals surface area contributed by atoms with E-state index in [4.69, 9.17) is 16.3 Å². The van der Waals surface area contributed by atoms with E-state index in [0.29, 0.717) is 21.6 Å². The van der Waals surface area contributed by atoms with E-state index in [1.807, 2.05) is 24.8 Å². The zero-order valence-corrected chi connectivity index (χ0v) is 17.9. The van der Waals surface area contributed by atoms with Crippen LogP contribution in [0, 0.1) is 5.92 Å². The minimum Gasteiger partial charge on any atom is -0.495 e. The summed E-state index contributed by atoms with van der Waals surface area (Å²) in [5, 5.41) is 0.845. The van der Waals surface area contributed by atoms with E-state index in [1.165, 1.54) is 18.9 Å². The van der Waals surface area contributed by atoms with Crippen molar-refractivity contribution in [2.75, 3.05) is 23.5 Å². The molecule has 0 radical (unpaired) electrons. The maximum Gasteiger partial charge on any atom is 0.251 e. The number of thioether (sulfide) groups is 1. The molecule has 2 saturated heterocycles. The van der Waals surface area contributed by atoms with Gasteiger partial charge in [-0.2, -0.15) is 4.99 Å². The van der Waals surface area contributed by atoms with Gasteiger partial charge in [0.15, 0.2) is 15.0 Å².